The molecule has 0 radical (unpaired) electrons. The second kappa shape index (κ2) is 13.5. The number of hydrogen-bond donors (Lipinski definition) is 4. The van der Waals surface area contributed by atoms with E-state index >= 15 is 0 Å². The summed E-state index contributed by atoms with van der Waals surface area (Å²) in [5.74, 6) is 1.11. The van der Waals surface area contributed by atoms with Crippen LogP contribution in [0.3, 0.4) is 0 Å². The van der Waals surface area contributed by atoms with Crippen molar-refractivity contribution in [3.05, 3.63) is 24.3 Å². The van der Waals surface area contributed by atoms with Gasteiger partial charge in [0.15, 0.2) is 11.5 Å². The van der Waals surface area contributed by atoms with E-state index in [1.807, 2.05) is 53.7 Å². The van der Waals surface area contributed by atoms with Crippen molar-refractivity contribution in [2.45, 2.75) is 64.8 Å². The van der Waals surface area contributed by atoms with Crippen LogP contribution in [0.15, 0.2) is 24.3 Å². The molecule has 0 fully saturated rings. The van der Waals surface area contributed by atoms with E-state index in [9.17, 15) is 10.2 Å². The van der Waals surface area contributed by atoms with Crippen molar-refractivity contribution in [2.75, 3.05) is 26.3 Å². The van der Waals surface area contributed by atoms with Crippen LogP contribution in [0.5, 0.6) is 11.5 Å². The summed E-state index contributed by atoms with van der Waals surface area (Å²) >= 11 is 0. The molecule has 0 aliphatic rings. The van der Waals surface area contributed by atoms with Gasteiger partial charge >= 0.3 is 0 Å². The molecule has 0 bridgehead atoms. The van der Waals surface area contributed by atoms with E-state index in [1.54, 1.807) is 12.1 Å². The van der Waals surface area contributed by atoms with Crippen LogP contribution < -0.4 is 20.1 Å². The third kappa shape index (κ3) is 14.3. The van der Waals surface area contributed by atoms with Crippen molar-refractivity contribution in [1.29, 1.82) is 0 Å². The zero-order valence-electron chi connectivity index (χ0n) is 17.8. The zero-order chi connectivity index (χ0) is 19.8. The number of aliphatic hydroxyl groups excluding tert-OH is 2. The molecule has 8 heteroatoms. The number of hydrogen-bond acceptors (Lipinski definition) is 6. The Morgan fingerprint density at radius 2 is 1.07 bits per heavy atom. The third-order valence-corrected chi connectivity index (χ3v) is 3.45. The number of aliphatic hydroxyl groups is 2. The van der Waals surface area contributed by atoms with Crippen molar-refractivity contribution >= 4 is 24.8 Å². The molecule has 0 aliphatic carbocycles. The van der Waals surface area contributed by atoms with Crippen LogP contribution in [0.1, 0.15) is 41.5 Å². The molecule has 0 spiro atoms. The fraction of sp³-hybridized carbons (Fsp3) is 0.700. The first kappa shape index (κ1) is 29.4. The lowest BCUT2D eigenvalue weighted by Gasteiger charge is -2.24. The Morgan fingerprint density at radius 3 is 1.36 bits per heavy atom. The second-order valence-electron chi connectivity index (χ2n) is 8.64. The fourth-order valence-electron chi connectivity index (χ4n) is 2.03. The van der Waals surface area contributed by atoms with Gasteiger partial charge in [0.25, 0.3) is 0 Å². The highest BCUT2D eigenvalue weighted by atomic mass is 35.5. The quantitative estimate of drug-likeness (QED) is 0.447. The number of rotatable bonds is 10. The molecule has 28 heavy (non-hydrogen) atoms. The maximum atomic E-state index is 10.1. The van der Waals surface area contributed by atoms with Crippen LogP contribution in [0, 0.1) is 0 Å². The highest BCUT2D eigenvalue weighted by Gasteiger charge is 2.15. The molecule has 1 aromatic rings. The molecule has 0 heterocycles. The monoisotopic (exact) mass is 440 g/mol. The van der Waals surface area contributed by atoms with Crippen LogP contribution >= 0.6 is 24.8 Å². The summed E-state index contributed by atoms with van der Waals surface area (Å²) < 4.78 is 11.4. The summed E-state index contributed by atoms with van der Waals surface area (Å²) in [4.78, 5) is 0. The largest absolute Gasteiger partial charge is 0.487 e. The molecule has 1 aromatic carbocycles. The standard InChI is InChI=1S/C20H36N2O4.2ClH/c1-19(2,3)21-11-15(23)13-25-17-9-7-8-10-18(17)26-14-16(24)12-22-20(4,5)6;;/h7-10,15-16,21-24H,11-14H2,1-6H3;2*1H. The van der Waals surface area contributed by atoms with Gasteiger partial charge in [0.05, 0.1) is 0 Å². The van der Waals surface area contributed by atoms with E-state index in [4.69, 9.17) is 9.47 Å². The molecule has 6 nitrogen and oxygen atoms in total. The lowest BCUT2D eigenvalue weighted by Crippen LogP contribution is -2.42. The van der Waals surface area contributed by atoms with Crippen molar-refractivity contribution in [2.24, 2.45) is 0 Å². The van der Waals surface area contributed by atoms with Crippen LogP contribution in [0.2, 0.25) is 0 Å². The van der Waals surface area contributed by atoms with Crippen molar-refractivity contribution in [3.63, 3.8) is 0 Å². The van der Waals surface area contributed by atoms with Gasteiger partial charge in [0, 0.05) is 24.2 Å². The van der Waals surface area contributed by atoms with Crippen LogP contribution in [0.25, 0.3) is 0 Å². The summed E-state index contributed by atoms with van der Waals surface area (Å²) in [6, 6.07) is 7.27. The zero-order valence-corrected chi connectivity index (χ0v) is 19.5. The van der Waals surface area contributed by atoms with E-state index in [1.165, 1.54) is 0 Å². The third-order valence-electron chi connectivity index (χ3n) is 3.45. The van der Waals surface area contributed by atoms with Gasteiger partial charge in [-0.2, -0.15) is 0 Å². The van der Waals surface area contributed by atoms with Crippen LogP contribution in [-0.2, 0) is 0 Å². The molecule has 0 saturated carbocycles. The Kier molecular flexibility index (Phi) is 14.2. The lowest BCUT2D eigenvalue weighted by molar-refractivity contribution is 0.0871. The topological polar surface area (TPSA) is 83.0 Å². The van der Waals surface area contributed by atoms with Crippen LogP contribution in [-0.4, -0.2) is 59.8 Å². The summed E-state index contributed by atoms with van der Waals surface area (Å²) in [6.07, 6.45) is -1.24. The maximum absolute atomic E-state index is 10.1. The second-order valence-corrected chi connectivity index (χ2v) is 8.64. The Labute approximate surface area is 182 Å². The number of ether oxygens (including phenoxy) is 2. The van der Waals surface area contributed by atoms with Gasteiger partial charge in [-0.3, -0.25) is 0 Å². The first-order valence-corrected chi connectivity index (χ1v) is 9.17. The molecule has 0 amide bonds. The van der Waals surface area contributed by atoms with Crippen LogP contribution in [0.4, 0.5) is 0 Å². The van der Waals surface area contributed by atoms with Gasteiger partial charge in [-0.05, 0) is 53.7 Å². The number of β-amino-alcohol motifs (C(OH)–C–C–N with tert-alkyl or cyclic N) is 2. The molecular formula is C20H38Cl2N2O4. The number of para-hydroxylation sites is 2. The minimum absolute atomic E-state index is 0. The lowest BCUT2D eigenvalue weighted by atomic mass is 10.1. The van der Waals surface area contributed by atoms with E-state index < -0.39 is 12.2 Å². The van der Waals surface area contributed by atoms with Gasteiger partial charge in [0.2, 0.25) is 0 Å². The highest BCUT2D eigenvalue weighted by molar-refractivity contribution is 5.85. The Hall–Kier alpha value is -0.760. The van der Waals surface area contributed by atoms with E-state index in [0.717, 1.165) is 0 Å². The molecular weight excluding hydrogens is 403 g/mol. The molecule has 2 unspecified atom stereocenters. The van der Waals surface area contributed by atoms with Crippen molar-refractivity contribution in [3.8, 4) is 11.5 Å². The Bertz CT molecular complexity index is 487. The molecule has 1 rings (SSSR count). The van der Waals surface area contributed by atoms with Gasteiger partial charge in [-0.1, -0.05) is 12.1 Å². The minimum atomic E-state index is -0.621. The van der Waals surface area contributed by atoms with E-state index in [2.05, 4.69) is 10.6 Å². The predicted octanol–water partition coefficient (Wildman–Crippen LogP) is 2.79. The normalized spacial score (nSPS) is 13.7. The Morgan fingerprint density at radius 1 is 0.750 bits per heavy atom. The summed E-state index contributed by atoms with van der Waals surface area (Å²) in [5, 5.41) is 26.6. The van der Waals surface area contributed by atoms with Gasteiger partial charge in [-0.25, -0.2) is 0 Å². The average molecular weight is 441 g/mol. The fourth-order valence-corrected chi connectivity index (χ4v) is 2.03. The molecule has 4 N–H and O–H groups in total. The first-order valence-electron chi connectivity index (χ1n) is 9.17. The summed E-state index contributed by atoms with van der Waals surface area (Å²) in [6.45, 7) is 13.5. The van der Waals surface area contributed by atoms with E-state index in [-0.39, 0.29) is 49.1 Å². The van der Waals surface area contributed by atoms with E-state index in [0.29, 0.717) is 24.6 Å². The number of halogens is 2. The molecule has 166 valence electrons. The number of benzene rings is 1. The van der Waals surface area contributed by atoms with Gasteiger partial charge in [-0.15, -0.1) is 24.8 Å². The predicted molar refractivity (Wildman–Crippen MR) is 119 cm³/mol. The summed E-state index contributed by atoms with van der Waals surface area (Å²) in [5.41, 5.74) is -0.113. The Balaban J connectivity index is 0. The first-order chi connectivity index (χ1) is 12.0. The number of nitrogens with one attached hydrogen (secondary N) is 2. The van der Waals surface area contributed by atoms with Gasteiger partial charge in [0.1, 0.15) is 25.4 Å². The smallest absolute Gasteiger partial charge is 0.161 e. The van der Waals surface area contributed by atoms with Crippen molar-refractivity contribution < 1.29 is 19.7 Å². The molecule has 0 saturated heterocycles. The van der Waals surface area contributed by atoms with Gasteiger partial charge < -0.3 is 30.3 Å². The minimum Gasteiger partial charge on any atom is -0.487 e. The average Bonchev–Trinajstić information content (AvgIpc) is 2.53. The molecule has 0 aliphatic heterocycles. The highest BCUT2D eigenvalue weighted by Crippen LogP contribution is 2.26. The SMILES string of the molecule is CC(C)(C)NCC(O)COc1ccccc1OCC(O)CNC(C)(C)C.Cl.Cl. The maximum Gasteiger partial charge on any atom is 0.161 e. The summed E-state index contributed by atoms with van der Waals surface area (Å²) in [7, 11) is 0. The molecule has 2 atom stereocenters. The van der Waals surface area contributed by atoms with Crippen molar-refractivity contribution in [1.82, 2.24) is 10.6 Å². The molecule has 0 aromatic heterocycles.